The number of hydrogen-bond acceptors (Lipinski definition) is 4. The summed E-state index contributed by atoms with van der Waals surface area (Å²) in [7, 11) is 0. The monoisotopic (exact) mass is 371 g/mol. The summed E-state index contributed by atoms with van der Waals surface area (Å²) in [6.45, 7) is 11.0. The third-order valence-corrected chi connectivity index (χ3v) is 6.70. The van der Waals surface area contributed by atoms with Gasteiger partial charge >= 0.3 is 0 Å². The maximum atomic E-state index is 12.5. The second kappa shape index (κ2) is 7.95. The maximum Gasteiger partial charge on any atom is 0.252 e. The van der Waals surface area contributed by atoms with Crippen molar-refractivity contribution in [2.45, 2.75) is 85.6 Å². The van der Waals surface area contributed by atoms with Crippen LogP contribution in [0.3, 0.4) is 0 Å². The molecule has 0 bridgehead atoms. The van der Waals surface area contributed by atoms with Gasteiger partial charge in [0.2, 0.25) is 5.91 Å². The molecule has 0 radical (unpaired) electrons. The van der Waals surface area contributed by atoms with Crippen molar-refractivity contribution in [2.24, 2.45) is 11.3 Å². The second-order valence-electron chi connectivity index (χ2n) is 8.69. The first-order chi connectivity index (χ1) is 12.8. The lowest BCUT2D eigenvalue weighted by Crippen LogP contribution is -2.40. The van der Waals surface area contributed by atoms with Crippen molar-refractivity contribution in [2.75, 3.05) is 0 Å². The molecule has 0 aromatic carbocycles. The minimum absolute atomic E-state index is 0.144. The van der Waals surface area contributed by atoms with Gasteiger partial charge in [-0.3, -0.25) is 4.79 Å². The van der Waals surface area contributed by atoms with Crippen molar-refractivity contribution in [3.05, 3.63) is 23.3 Å². The molecule has 3 rings (SSSR count). The molecule has 2 heterocycles. The number of amides is 1. The van der Waals surface area contributed by atoms with Crippen LogP contribution in [0.4, 0.5) is 0 Å². The van der Waals surface area contributed by atoms with Crippen LogP contribution in [0.25, 0.3) is 5.78 Å². The fourth-order valence-electron chi connectivity index (χ4n) is 4.36. The van der Waals surface area contributed by atoms with Crippen molar-refractivity contribution in [3.8, 4) is 0 Å². The van der Waals surface area contributed by atoms with Crippen molar-refractivity contribution < 1.29 is 4.79 Å². The summed E-state index contributed by atoms with van der Waals surface area (Å²) in [6, 6.07) is 0.333. The lowest BCUT2D eigenvalue weighted by molar-refractivity contribution is -0.122. The molecule has 1 aliphatic rings. The molecule has 1 N–H and O–H groups in total. The standard InChI is InChI=1S/C21H33N5O/c1-6-21(4,5)16-7-9-17(10-8-16)25-19(27)12-11-18-14(2)24-20-22-13-23-26(20)15(18)3/h13,16-17H,6-12H2,1-5H3,(H,25,27). The molecule has 6 nitrogen and oxygen atoms in total. The molecule has 27 heavy (non-hydrogen) atoms. The third kappa shape index (κ3) is 4.30. The minimum atomic E-state index is 0.144. The molecule has 148 valence electrons. The SMILES string of the molecule is CCC(C)(C)C1CCC(NC(=O)CCc2c(C)nc3ncnn3c2C)CC1. The van der Waals surface area contributed by atoms with E-state index in [0.29, 0.717) is 30.1 Å². The molecule has 6 heteroatoms. The van der Waals surface area contributed by atoms with Crippen LogP contribution in [-0.4, -0.2) is 31.5 Å². The van der Waals surface area contributed by atoms with Gasteiger partial charge in [0, 0.05) is 23.9 Å². The highest BCUT2D eigenvalue weighted by molar-refractivity contribution is 5.76. The third-order valence-electron chi connectivity index (χ3n) is 6.70. The number of rotatable bonds is 6. The Kier molecular flexibility index (Phi) is 5.82. The summed E-state index contributed by atoms with van der Waals surface area (Å²) in [5.74, 6) is 1.54. The highest BCUT2D eigenvalue weighted by atomic mass is 16.1. The molecule has 1 amide bonds. The van der Waals surface area contributed by atoms with Gasteiger partial charge in [-0.15, -0.1) is 0 Å². The van der Waals surface area contributed by atoms with E-state index >= 15 is 0 Å². The fraction of sp³-hybridized carbons (Fsp3) is 0.714. The van der Waals surface area contributed by atoms with Gasteiger partial charge in [0.15, 0.2) is 0 Å². The van der Waals surface area contributed by atoms with Crippen LogP contribution in [0.15, 0.2) is 6.33 Å². The molecule has 0 spiro atoms. The lowest BCUT2D eigenvalue weighted by Gasteiger charge is -2.39. The molecule has 2 aromatic heterocycles. The van der Waals surface area contributed by atoms with Gasteiger partial charge in [-0.2, -0.15) is 10.1 Å². The molecule has 0 aliphatic heterocycles. The normalized spacial score (nSPS) is 20.8. The van der Waals surface area contributed by atoms with E-state index in [0.717, 1.165) is 35.7 Å². The number of aromatic nitrogens is 4. The maximum absolute atomic E-state index is 12.5. The van der Waals surface area contributed by atoms with E-state index in [1.807, 2.05) is 13.8 Å². The average Bonchev–Trinajstić information content (AvgIpc) is 3.10. The van der Waals surface area contributed by atoms with Gasteiger partial charge in [-0.25, -0.2) is 9.50 Å². The summed E-state index contributed by atoms with van der Waals surface area (Å²) < 4.78 is 1.75. The van der Waals surface area contributed by atoms with E-state index in [1.54, 1.807) is 4.52 Å². The molecular weight excluding hydrogens is 338 g/mol. The molecule has 1 aliphatic carbocycles. The van der Waals surface area contributed by atoms with Crippen molar-refractivity contribution in [1.29, 1.82) is 0 Å². The zero-order valence-corrected chi connectivity index (χ0v) is 17.4. The minimum Gasteiger partial charge on any atom is -0.353 e. The Morgan fingerprint density at radius 2 is 1.96 bits per heavy atom. The van der Waals surface area contributed by atoms with Crippen LogP contribution in [0.1, 0.15) is 76.2 Å². The molecule has 1 saturated carbocycles. The topological polar surface area (TPSA) is 72.2 Å². The summed E-state index contributed by atoms with van der Waals surface area (Å²) in [6.07, 6.45) is 8.55. The molecule has 0 unspecified atom stereocenters. The Bertz CT molecular complexity index is 802. The first-order valence-electron chi connectivity index (χ1n) is 10.3. The molecule has 0 atom stereocenters. The van der Waals surface area contributed by atoms with E-state index in [-0.39, 0.29) is 5.91 Å². The molecular formula is C21H33N5O. The highest BCUT2D eigenvalue weighted by Gasteiger charge is 2.32. The highest BCUT2D eigenvalue weighted by Crippen LogP contribution is 2.40. The van der Waals surface area contributed by atoms with Crippen LogP contribution in [0.2, 0.25) is 0 Å². The summed E-state index contributed by atoms with van der Waals surface area (Å²) in [5, 5.41) is 7.47. The van der Waals surface area contributed by atoms with E-state index in [1.165, 1.54) is 25.6 Å². The number of carbonyl (C=O) groups is 1. The number of carbonyl (C=O) groups excluding carboxylic acids is 1. The Labute approximate surface area is 162 Å². The Balaban J connectivity index is 1.52. The van der Waals surface area contributed by atoms with Crippen molar-refractivity contribution >= 4 is 11.7 Å². The largest absolute Gasteiger partial charge is 0.353 e. The molecule has 1 fully saturated rings. The summed E-state index contributed by atoms with van der Waals surface area (Å²) in [5.41, 5.74) is 3.46. The molecule has 0 saturated heterocycles. The molecule has 2 aromatic rings. The lowest BCUT2D eigenvalue weighted by atomic mass is 9.69. The van der Waals surface area contributed by atoms with Crippen LogP contribution < -0.4 is 5.32 Å². The van der Waals surface area contributed by atoms with Crippen molar-refractivity contribution in [1.82, 2.24) is 24.9 Å². The summed E-state index contributed by atoms with van der Waals surface area (Å²) >= 11 is 0. The van der Waals surface area contributed by atoms with Crippen LogP contribution >= 0.6 is 0 Å². The quantitative estimate of drug-likeness (QED) is 0.839. The van der Waals surface area contributed by atoms with Gasteiger partial charge in [-0.1, -0.05) is 27.2 Å². The second-order valence-corrected chi connectivity index (χ2v) is 8.69. The number of nitrogens with zero attached hydrogens (tertiary/aromatic N) is 4. The number of hydrogen-bond donors (Lipinski definition) is 1. The van der Waals surface area contributed by atoms with E-state index in [9.17, 15) is 4.79 Å². The van der Waals surface area contributed by atoms with E-state index in [2.05, 4.69) is 41.2 Å². The van der Waals surface area contributed by atoms with Gasteiger partial charge in [0.25, 0.3) is 5.78 Å². The number of nitrogens with one attached hydrogen (secondary N) is 1. The van der Waals surface area contributed by atoms with Gasteiger partial charge < -0.3 is 5.32 Å². The predicted molar refractivity (Wildman–Crippen MR) is 107 cm³/mol. The van der Waals surface area contributed by atoms with E-state index < -0.39 is 0 Å². The fourth-order valence-corrected chi connectivity index (χ4v) is 4.36. The Hall–Kier alpha value is -1.98. The van der Waals surface area contributed by atoms with Crippen LogP contribution in [0, 0.1) is 25.2 Å². The average molecular weight is 372 g/mol. The van der Waals surface area contributed by atoms with Gasteiger partial charge in [0.05, 0.1) is 0 Å². The van der Waals surface area contributed by atoms with Crippen LogP contribution in [0.5, 0.6) is 0 Å². The Morgan fingerprint density at radius 1 is 1.26 bits per heavy atom. The number of aryl methyl sites for hydroxylation is 2. The zero-order valence-electron chi connectivity index (χ0n) is 17.4. The Morgan fingerprint density at radius 3 is 2.63 bits per heavy atom. The van der Waals surface area contributed by atoms with E-state index in [4.69, 9.17) is 0 Å². The smallest absolute Gasteiger partial charge is 0.252 e. The van der Waals surface area contributed by atoms with Gasteiger partial charge in [-0.05, 0) is 62.8 Å². The zero-order chi connectivity index (χ0) is 19.6. The predicted octanol–water partition coefficient (Wildman–Crippen LogP) is 3.78. The van der Waals surface area contributed by atoms with Gasteiger partial charge in [0.1, 0.15) is 6.33 Å². The first kappa shape index (κ1) is 19.8. The number of fused-ring (bicyclic) bond motifs is 1. The van der Waals surface area contributed by atoms with Crippen LogP contribution in [-0.2, 0) is 11.2 Å². The summed E-state index contributed by atoms with van der Waals surface area (Å²) in [4.78, 5) is 21.1. The first-order valence-corrected chi connectivity index (χ1v) is 10.3. The van der Waals surface area contributed by atoms with Crippen molar-refractivity contribution in [3.63, 3.8) is 0 Å².